The summed E-state index contributed by atoms with van der Waals surface area (Å²) in [5.41, 5.74) is 5.60. The minimum Gasteiger partial charge on any atom is -0.481 e. The number of carbonyl (C=O) groups is 2. The number of carbonyl (C=O) groups excluding carboxylic acids is 1. The summed E-state index contributed by atoms with van der Waals surface area (Å²) in [5, 5.41) is 15.2. The second kappa shape index (κ2) is 7.17. The van der Waals surface area contributed by atoms with E-state index in [0.29, 0.717) is 19.5 Å². The molecule has 23 heavy (non-hydrogen) atoms. The van der Waals surface area contributed by atoms with E-state index < -0.39 is 5.97 Å². The van der Waals surface area contributed by atoms with Crippen LogP contribution < -0.4 is 10.6 Å². The number of aryl methyl sites for hydroxylation is 3. The van der Waals surface area contributed by atoms with Gasteiger partial charge in [-0.05, 0) is 44.4 Å². The number of nitrogens with one attached hydrogen (secondary N) is 3. The SMILES string of the molecule is Cc1cc(CNC(=O)NCCCC(=O)O)c2[nH]c(C)c(C)c2c1. The van der Waals surface area contributed by atoms with Gasteiger partial charge in [0.1, 0.15) is 0 Å². The van der Waals surface area contributed by atoms with Crippen molar-refractivity contribution in [2.75, 3.05) is 6.54 Å². The van der Waals surface area contributed by atoms with Crippen LogP contribution in [0.5, 0.6) is 0 Å². The number of H-pyrrole nitrogens is 1. The van der Waals surface area contributed by atoms with Crippen molar-refractivity contribution in [3.05, 3.63) is 34.5 Å². The molecule has 0 radical (unpaired) electrons. The molecule has 124 valence electrons. The van der Waals surface area contributed by atoms with Crippen LogP contribution in [-0.2, 0) is 11.3 Å². The Morgan fingerprint density at radius 3 is 2.61 bits per heavy atom. The zero-order chi connectivity index (χ0) is 17.0. The van der Waals surface area contributed by atoms with Gasteiger partial charge in [-0.3, -0.25) is 4.79 Å². The number of urea groups is 1. The molecule has 6 nitrogen and oxygen atoms in total. The number of hydrogen-bond acceptors (Lipinski definition) is 2. The van der Waals surface area contributed by atoms with Gasteiger partial charge in [-0.25, -0.2) is 4.79 Å². The molecule has 2 rings (SSSR count). The van der Waals surface area contributed by atoms with Gasteiger partial charge >= 0.3 is 12.0 Å². The quantitative estimate of drug-likeness (QED) is 0.617. The lowest BCUT2D eigenvalue weighted by molar-refractivity contribution is -0.137. The number of fused-ring (bicyclic) bond motifs is 1. The Morgan fingerprint density at radius 2 is 1.91 bits per heavy atom. The van der Waals surface area contributed by atoms with Gasteiger partial charge in [-0.1, -0.05) is 11.6 Å². The summed E-state index contributed by atoms with van der Waals surface area (Å²) in [5.74, 6) is -0.855. The van der Waals surface area contributed by atoms with E-state index in [2.05, 4.69) is 34.7 Å². The minimum absolute atomic E-state index is 0.0554. The van der Waals surface area contributed by atoms with Crippen LogP contribution in [0.3, 0.4) is 0 Å². The molecule has 0 aliphatic rings. The predicted octanol–water partition coefficient (Wildman–Crippen LogP) is 2.76. The van der Waals surface area contributed by atoms with Crippen molar-refractivity contribution < 1.29 is 14.7 Å². The first kappa shape index (κ1) is 16.9. The van der Waals surface area contributed by atoms with Gasteiger partial charge in [0, 0.05) is 30.6 Å². The summed E-state index contributed by atoms with van der Waals surface area (Å²) < 4.78 is 0. The molecule has 1 aromatic carbocycles. The van der Waals surface area contributed by atoms with E-state index in [9.17, 15) is 9.59 Å². The molecule has 6 heteroatoms. The third-order valence-corrected chi connectivity index (χ3v) is 3.94. The third kappa shape index (κ3) is 4.25. The lowest BCUT2D eigenvalue weighted by atomic mass is 10.0. The number of aromatic amines is 1. The fraction of sp³-hybridized carbons (Fsp3) is 0.412. The van der Waals surface area contributed by atoms with Gasteiger partial charge in [-0.2, -0.15) is 0 Å². The topological polar surface area (TPSA) is 94.2 Å². The van der Waals surface area contributed by atoms with Crippen molar-refractivity contribution in [2.24, 2.45) is 0 Å². The molecule has 0 unspecified atom stereocenters. The van der Waals surface area contributed by atoms with Gasteiger partial charge in [0.2, 0.25) is 0 Å². The van der Waals surface area contributed by atoms with E-state index in [-0.39, 0.29) is 12.5 Å². The molecule has 0 fully saturated rings. The molecule has 4 N–H and O–H groups in total. The second-order valence-electron chi connectivity index (χ2n) is 5.83. The number of carboxylic acids is 1. The molecule has 0 spiro atoms. The summed E-state index contributed by atoms with van der Waals surface area (Å²) in [7, 11) is 0. The van der Waals surface area contributed by atoms with Crippen molar-refractivity contribution in [1.82, 2.24) is 15.6 Å². The number of aliphatic carboxylic acids is 1. The Hall–Kier alpha value is -2.50. The monoisotopic (exact) mass is 317 g/mol. The first-order chi connectivity index (χ1) is 10.9. The molecule has 0 aliphatic carbocycles. The zero-order valence-corrected chi connectivity index (χ0v) is 13.7. The highest BCUT2D eigenvalue weighted by atomic mass is 16.4. The van der Waals surface area contributed by atoms with Crippen LogP contribution in [0.15, 0.2) is 12.1 Å². The molecule has 1 heterocycles. The Labute approximate surface area is 135 Å². The summed E-state index contributed by atoms with van der Waals surface area (Å²) >= 11 is 0. The van der Waals surface area contributed by atoms with Gasteiger partial charge in [0.25, 0.3) is 0 Å². The van der Waals surface area contributed by atoms with E-state index in [0.717, 1.165) is 22.3 Å². The van der Waals surface area contributed by atoms with Crippen molar-refractivity contribution in [2.45, 2.75) is 40.2 Å². The van der Waals surface area contributed by atoms with Crippen LogP contribution in [0.2, 0.25) is 0 Å². The molecule has 2 amide bonds. The average Bonchev–Trinajstić information content (AvgIpc) is 2.77. The fourth-order valence-electron chi connectivity index (χ4n) is 2.61. The first-order valence-corrected chi connectivity index (χ1v) is 7.70. The first-order valence-electron chi connectivity index (χ1n) is 7.70. The average molecular weight is 317 g/mol. The molecule has 0 saturated heterocycles. The number of hydrogen-bond donors (Lipinski definition) is 4. The maximum atomic E-state index is 11.8. The maximum absolute atomic E-state index is 11.8. The number of amides is 2. The summed E-state index contributed by atoms with van der Waals surface area (Å²) in [6.45, 7) is 6.93. The number of benzene rings is 1. The highest BCUT2D eigenvalue weighted by molar-refractivity contribution is 5.88. The lowest BCUT2D eigenvalue weighted by Crippen LogP contribution is -2.35. The Bertz CT molecular complexity index is 734. The summed E-state index contributed by atoms with van der Waals surface area (Å²) in [6.07, 6.45) is 0.478. The Kier molecular flexibility index (Phi) is 5.26. The smallest absolute Gasteiger partial charge is 0.315 e. The lowest BCUT2D eigenvalue weighted by Gasteiger charge is -2.09. The van der Waals surface area contributed by atoms with Gasteiger partial charge in [0.05, 0.1) is 5.52 Å². The van der Waals surface area contributed by atoms with E-state index in [1.165, 1.54) is 10.9 Å². The Balaban J connectivity index is 1.98. The van der Waals surface area contributed by atoms with Crippen LogP contribution in [0.25, 0.3) is 10.9 Å². The number of carboxylic acid groups (broad SMARTS) is 1. The normalized spacial score (nSPS) is 10.7. The standard InChI is InChI=1S/C17H23N3O3/c1-10-7-13(16-14(8-10)11(2)12(3)20-16)9-19-17(23)18-6-4-5-15(21)22/h7-8,20H,4-6,9H2,1-3H3,(H,21,22)(H2,18,19,23). The second-order valence-corrected chi connectivity index (χ2v) is 5.83. The Morgan fingerprint density at radius 1 is 1.17 bits per heavy atom. The van der Waals surface area contributed by atoms with E-state index >= 15 is 0 Å². The van der Waals surface area contributed by atoms with Crippen LogP contribution in [0, 0.1) is 20.8 Å². The highest BCUT2D eigenvalue weighted by Gasteiger charge is 2.10. The largest absolute Gasteiger partial charge is 0.481 e. The van der Waals surface area contributed by atoms with Crippen molar-refractivity contribution in [1.29, 1.82) is 0 Å². The van der Waals surface area contributed by atoms with E-state index in [4.69, 9.17) is 5.11 Å². The van der Waals surface area contributed by atoms with Gasteiger partial charge < -0.3 is 20.7 Å². The van der Waals surface area contributed by atoms with Crippen LogP contribution >= 0.6 is 0 Å². The maximum Gasteiger partial charge on any atom is 0.315 e. The zero-order valence-electron chi connectivity index (χ0n) is 13.7. The fourth-order valence-corrected chi connectivity index (χ4v) is 2.61. The van der Waals surface area contributed by atoms with Crippen LogP contribution in [0.1, 0.15) is 35.2 Å². The van der Waals surface area contributed by atoms with Crippen LogP contribution in [-0.4, -0.2) is 28.6 Å². The molecule has 1 aromatic heterocycles. The van der Waals surface area contributed by atoms with Crippen molar-refractivity contribution in [3.63, 3.8) is 0 Å². The molecule has 0 bridgehead atoms. The molecular weight excluding hydrogens is 294 g/mol. The van der Waals surface area contributed by atoms with Crippen LogP contribution in [0.4, 0.5) is 4.79 Å². The minimum atomic E-state index is -0.855. The van der Waals surface area contributed by atoms with Gasteiger partial charge in [-0.15, -0.1) is 0 Å². The van der Waals surface area contributed by atoms with Crippen molar-refractivity contribution in [3.8, 4) is 0 Å². The third-order valence-electron chi connectivity index (χ3n) is 3.94. The van der Waals surface area contributed by atoms with E-state index in [1.807, 2.05) is 13.8 Å². The molecular formula is C17H23N3O3. The van der Waals surface area contributed by atoms with Gasteiger partial charge in [0.15, 0.2) is 0 Å². The molecule has 2 aromatic rings. The molecule has 0 saturated carbocycles. The number of aromatic nitrogens is 1. The molecule has 0 aliphatic heterocycles. The van der Waals surface area contributed by atoms with Crippen molar-refractivity contribution >= 4 is 22.9 Å². The summed E-state index contributed by atoms with van der Waals surface area (Å²) in [4.78, 5) is 25.6. The molecule has 0 atom stereocenters. The van der Waals surface area contributed by atoms with E-state index in [1.54, 1.807) is 0 Å². The summed E-state index contributed by atoms with van der Waals surface area (Å²) in [6, 6.07) is 3.91. The number of rotatable bonds is 6. The predicted molar refractivity (Wildman–Crippen MR) is 89.6 cm³/mol. The highest BCUT2D eigenvalue weighted by Crippen LogP contribution is 2.25.